The van der Waals surface area contributed by atoms with Crippen LogP contribution in [0.2, 0.25) is 5.02 Å². The van der Waals surface area contributed by atoms with Gasteiger partial charge in [-0.15, -0.1) is 0 Å². The third kappa shape index (κ3) is 4.00. The Bertz CT molecular complexity index is 515. The molecule has 2 aromatic rings. The summed E-state index contributed by atoms with van der Waals surface area (Å²) in [4.78, 5) is 3.98. The molecule has 0 aliphatic heterocycles. The average molecular weight is 313 g/mol. The van der Waals surface area contributed by atoms with Crippen molar-refractivity contribution in [3.63, 3.8) is 0 Å². The lowest BCUT2D eigenvalue weighted by Gasteiger charge is -2.26. The van der Waals surface area contributed by atoms with Crippen molar-refractivity contribution in [1.29, 1.82) is 0 Å². The van der Waals surface area contributed by atoms with E-state index in [1.54, 1.807) is 59.3 Å². The smallest absolute Gasteiger partial charge is 0.162 e. The van der Waals surface area contributed by atoms with E-state index in [2.05, 4.69) is 11.9 Å². The number of rotatable bonds is 7. The highest BCUT2D eigenvalue weighted by Crippen LogP contribution is 2.33. The first-order valence-corrected chi connectivity index (χ1v) is 8.16. The molecule has 0 saturated heterocycles. The highest BCUT2D eigenvalue weighted by Gasteiger charge is 2.32. The summed E-state index contributed by atoms with van der Waals surface area (Å²) in [6.07, 6.45) is 6.15. The monoisotopic (exact) mass is 312 g/mol. The number of nitrogens with zero attached hydrogens (tertiary/aromatic N) is 2. The van der Waals surface area contributed by atoms with Crippen LogP contribution in [-0.4, -0.2) is 21.1 Å². The van der Waals surface area contributed by atoms with Crippen LogP contribution in [0.1, 0.15) is 18.9 Å². The number of halogens is 2. The second-order valence-electron chi connectivity index (χ2n) is 4.76. The maximum atomic E-state index is 15.4. The molecule has 0 fully saturated rings. The van der Waals surface area contributed by atoms with E-state index in [9.17, 15) is 0 Å². The van der Waals surface area contributed by atoms with Crippen LogP contribution in [0.4, 0.5) is 4.39 Å². The van der Waals surface area contributed by atoms with Gasteiger partial charge >= 0.3 is 0 Å². The van der Waals surface area contributed by atoms with Gasteiger partial charge in [0.15, 0.2) is 5.67 Å². The summed E-state index contributed by atoms with van der Waals surface area (Å²) in [6, 6.07) is 7.02. The maximum Gasteiger partial charge on any atom is 0.162 e. The van der Waals surface area contributed by atoms with Gasteiger partial charge in [-0.2, -0.15) is 11.8 Å². The molecule has 0 spiro atoms. The van der Waals surface area contributed by atoms with E-state index in [4.69, 9.17) is 11.6 Å². The first kappa shape index (κ1) is 15.4. The fourth-order valence-electron chi connectivity index (χ4n) is 2.02. The number of benzene rings is 1. The van der Waals surface area contributed by atoms with Gasteiger partial charge in [-0.1, -0.05) is 30.7 Å². The van der Waals surface area contributed by atoms with Crippen molar-refractivity contribution in [3.8, 4) is 0 Å². The number of thioether (sulfide) groups is 1. The van der Waals surface area contributed by atoms with E-state index in [1.807, 2.05) is 0 Å². The van der Waals surface area contributed by atoms with Crippen LogP contribution in [0.15, 0.2) is 43.0 Å². The topological polar surface area (TPSA) is 17.8 Å². The van der Waals surface area contributed by atoms with E-state index < -0.39 is 5.67 Å². The number of aromatic nitrogens is 2. The minimum absolute atomic E-state index is 0.269. The van der Waals surface area contributed by atoms with Crippen molar-refractivity contribution < 1.29 is 4.39 Å². The Labute approximate surface area is 128 Å². The Hall–Kier alpha value is -1.00. The van der Waals surface area contributed by atoms with Gasteiger partial charge in [-0.25, -0.2) is 9.37 Å². The lowest BCUT2D eigenvalue weighted by Crippen LogP contribution is -2.29. The van der Waals surface area contributed by atoms with Crippen LogP contribution in [0.5, 0.6) is 0 Å². The molecule has 1 heterocycles. The predicted octanol–water partition coefficient (Wildman–Crippen LogP) is 4.54. The Morgan fingerprint density at radius 3 is 2.70 bits per heavy atom. The third-order valence-corrected chi connectivity index (χ3v) is 4.64. The lowest BCUT2D eigenvalue weighted by atomic mass is 9.97. The van der Waals surface area contributed by atoms with Crippen molar-refractivity contribution in [2.75, 3.05) is 11.5 Å². The van der Waals surface area contributed by atoms with Crippen LogP contribution in [0, 0.1) is 0 Å². The molecule has 1 atom stereocenters. The molecule has 1 unspecified atom stereocenters. The van der Waals surface area contributed by atoms with Crippen LogP contribution >= 0.6 is 23.4 Å². The molecular formula is C15H18ClFN2S. The number of alkyl halides is 1. The molecule has 2 nitrogen and oxygen atoms in total. The molecule has 0 aliphatic carbocycles. The van der Waals surface area contributed by atoms with Gasteiger partial charge in [-0.05, 0) is 29.9 Å². The summed E-state index contributed by atoms with van der Waals surface area (Å²) in [5.74, 6) is 1.39. The summed E-state index contributed by atoms with van der Waals surface area (Å²) < 4.78 is 17.2. The summed E-state index contributed by atoms with van der Waals surface area (Å²) >= 11 is 7.53. The summed E-state index contributed by atoms with van der Waals surface area (Å²) in [5, 5.41) is 0.625. The van der Waals surface area contributed by atoms with Crippen molar-refractivity contribution >= 4 is 23.4 Å². The molecule has 0 saturated carbocycles. The molecule has 108 valence electrons. The highest BCUT2D eigenvalue weighted by molar-refractivity contribution is 7.99. The van der Waals surface area contributed by atoms with Gasteiger partial charge in [0, 0.05) is 23.2 Å². The SMILES string of the molecule is CCCSCC(F)(Cn1ccnc1)c1ccc(Cl)cc1. The Morgan fingerprint density at radius 1 is 1.35 bits per heavy atom. The van der Waals surface area contributed by atoms with Crippen LogP contribution in [0.3, 0.4) is 0 Å². The number of hydrogen-bond acceptors (Lipinski definition) is 2. The van der Waals surface area contributed by atoms with Crippen molar-refractivity contribution in [2.45, 2.75) is 25.6 Å². The highest BCUT2D eigenvalue weighted by atomic mass is 35.5. The Kier molecular flexibility index (Phi) is 5.49. The van der Waals surface area contributed by atoms with E-state index in [0.29, 0.717) is 16.3 Å². The van der Waals surface area contributed by atoms with Crippen molar-refractivity contribution in [2.24, 2.45) is 0 Å². The summed E-state index contributed by atoms with van der Waals surface area (Å²) in [6.45, 7) is 2.37. The Balaban J connectivity index is 2.20. The van der Waals surface area contributed by atoms with Gasteiger partial charge in [0.05, 0.1) is 12.9 Å². The minimum atomic E-state index is -1.41. The average Bonchev–Trinajstić information content (AvgIpc) is 2.92. The van der Waals surface area contributed by atoms with Gasteiger partial charge in [0.25, 0.3) is 0 Å². The summed E-state index contributed by atoms with van der Waals surface area (Å²) in [7, 11) is 0. The zero-order valence-corrected chi connectivity index (χ0v) is 13.0. The molecule has 0 amide bonds. The van der Waals surface area contributed by atoms with E-state index in [-0.39, 0.29) is 6.54 Å². The van der Waals surface area contributed by atoms with Crippen molar-refractivity contribution in [3.05, 3.63) is 53.6 Å². The fraction of sp³-hybridized carbons (Fsp3) is 0.400. The van der Waals surface area contributed by atoms with Gasteiger partial charge in [0.2, 0.25) is 0 Å². The van der Waals surface area contributed by atoms with Crippen LogP contribution in [0.25, 0.3) is 0 Å². The molecule has 0 N–H and O–H groups in total. The molecule has 0 bridgehead atoms. The molecule has 1 aromatic carbocycles. The minimum Gasteiger partial charge on any atom is -0.334 e. The van der Waals surface area contributed by atoms with Crippen molar-refractivity contribution in [1.82, 2.24) is 9.55 Å². The van der Waals surface area contributed by atoms with Crippen LogP contribution < -0.4 is 0 Å². The normalized spacial score (nSPS) is 14.2. The summed E-state index contributed by atoms with van der Waals surface area (Å²) in [5.41, 5.74) is -0.746. The van der Waals surface area contributed by atoms with E-state index >= 15 is 4.39 Å². The molecule has 2 rings (SSSR count). The standard InChI is InChI=1S/C15H18ClFN2S/c1-2-9-20-11-15(17,10-19-8-7-18-12-19)13-3-5-14(16)6-4-13/h3-8,12H,2,9-11H2,1H3. The quantitative estimate of drug-likeness (QED) is 0.698. The lowest BCUT2D eigenvalue weighted by molar-refractivity contribution is 0.168. The van der Waals surface area contributed by atoms with E-state index in [0.717, 1.165) is 12.2 Å². The van der Waals surface area contributed by atoms with Gasteiger partial charge in [0.1, 0.15) is 0 Å². The second-order valence-corrected chi connectivity index (χ2v) is 6.30. The maximum absolute atomic E-state index is 15.4. The number of hydrogen-bond donors (Lipinski definition) is 0. The fourth-order valence-corrected chi connectivity index (χ4v) is 3.16. The largest absolute Gasteiger partial charge is 0.334 e. The molecule has 5 heteroatoms. The van der Waals surface area contributed by atoms with E-state index in [1.165, 1.54) is 0 Å². The number of imidazole rings is 1. The zero-order chi connectivity index (χ0) is 14.4. The van der Waals surface area contributed by atoms with Gasteiger partial charge < -0.3 is 4.57 Å². The predicted molar refractivity (Wildman–Crippen MR) is 84.1 cm³/mol. The second kappa shape index (κ2) is 7.14. The molecule has 0 radical (unpaired) electrons. The third-order valence-electron chi connectivity index (χ3n) is 3.03. The molecular weight excluding hydrogens is 295 g/mol. The molecule has 0 aliphatic rings. The first-order valence-electron chi connectivity index (χ1n) is 6.62. The molecule has 20 heavy (non-hydrogen) atoms. The van der Waals surface area contributed by atoms with Crippen LogP contribution in [-0.2, 0) is 12.2 Å². The van der Waals surface area contributed by atoms with Gasteiger partial charge in [-0.3, -0.25) is 0 Å². The Morgan fingerprint density at radius 2 is 2.10 bits per heavy atom. The zero-order valence-electron chi connectivity index (χ0n) is 11.4. The first-order chi connectivity index (χ1) is 9.64. The molecule has 1 aromatic heterocycles.